The van der Waals surface area contributed by atoms with Gasteiger partial charge in [-0.1, -0.05) is 26.0 Å². The number of hydrogen-bond donors (Lipinski definition) is 2. The second-order valence-corrected chi connectivity index (χ2v) is 4.65. The normalized spacial score (nSPS) is 12.8. The van der Waals surface area contributed by atoms with Gasteiger partial charge in [0.1, 0.15) is 5.75 Å². The van der Waals surface area contributed by atoms with Crippen LogP contribution in [-0.4, -0.2) is 30.4 Å². The molecule has 0 radical (unpaired) electrons. The van der Waals surface area contributed by atoms with Crippen molar-refractivity contribution in [2.45, 2.75) is 39.3 Å². The van der Waals surface area contributed by atoms with E-state index in [-0.39, 0.29) is 12.6 Å². The Hall–Kier alpha value is -1.06. The van der Waals surface area contributed by atoms with E-state index in [0.717, 1.165) is 12.2 Å². The predicted octanol–water partition coefficient (Wildman–Crippen LogP) is 2.12. The van der Waals surface area contributed by atoms with Crippen LogP contribution in [0.3, 0.4) is 0 Å². The van der Waals surface area contributed by atoms with E-state index in [4.69, 9.17) is 4.74 Å². The van der Waals surface area contributed by atoms with Gasteiger partial charge in [-0.3, -0.25) is 0 Å². The van der Waals surface area contributed by atoms with Crippen LogP contribution in [0.4, 0.5) is 0 Å². The van der Waals surface area contributed by atoms with Gasteiger partial charge in [-0.25, -0.2) is 0 Å². The lowest BCUT2D eigenvalue weighted by Gasteiger charge is -2.19. The summed E-state index contributed by atoms with van der Waals surface area (Å²) >= 11 is 0. The second-order valence-electron chi connectivity index (χ2n) is 4.65. The molecule has 1 atom stereocenters. The van der Waals surface area contributed by atoms with Gasteiger partial charge in [0.25, 0.3) is 0 Å². The molecule has 3 nitrogen and oxygen atoms in total. The molecule has 96 valence electrons. The Bertz CT molecular complexity index is 326. The smallest absolute Gasteiger partial charge is 0.119 e. The Morgan fingerprint density at radius 3 is 2.71 bits per heavy atom. The average Bonchev–Trinajstić information content (AvgIpc) is 2.27. The number of aliphatic hydroxyl groups is 1. The third-order valence-corrected chi connectivity index (χ3v) is 2.51. The van der Waals surface area contributed by atoms with Crippen molar-refractivity contribution in [1.82, 2.24) is 5.32 Å². The first-order valence-electron chi connectivity index (χ1n) is 6.18. The highest BCUT2D eigenvalue weighted by molar-refractivity contribution is 5.27. The molecule has 0 aliphatic heterocycles. The van der Waals surface area contributed by atoms with Crippen LogP contribution in [0, 0.1) is 6.92 Å². The molecule has 0 amide bonds. The second kappa shape index (κ2) is 7.30. The molecule has 1 aromatic rings. The summed E-state index contributed by atoms with van der Waals surface area (Å²) in [5, 5.41) is 12.5. The monoisotopic (exact) mass is 237 g/mol. The molecule has 1 aromatic carbocycles. The lowest BCUT2D eigenvalue weighted by atomic mass is 10.2. The molecule has 0 fully saturated rings. The Balaban J connectivity index is 2.31. The van der Waals surface area contributed by atoms with E-state index in [1.165, 1.54) is 5.56 Å². The van der Waals surface area contributed by atoms with E-state index in [1.807, 2.05) is 31.2 Å². The van der Waals surface area contributed by atoms with Crippen molar-refractivity contribution < 1.29 is 9.84 Å². The SMILES string of the molecule is Cc1cccc(OCCC(CO)NC(C)C)c1. The minimum absolute atomic E-state index is 0.111. The van der Waals surface area contributed by atoms with Gasteiger partial charge < -0.3 is 15.2 Å². The third-order valence-electron chi connectivity index (χ3n) is 2.51. The number of nitrogens with one attached hydrogen (secondary N) is 1. The maximum atomic E-state index is 9.20. The van der Waals surface area contributed by atoms with Gasteiger partial charge in [-0.2, -0.15) is 0 Å². The highest BCUT2D eigenvalue weighted by Gasteiger charge is 2.08. The number of aryl methyl sites for hydroxylation is 1. The fraction of sp³-hybridized carbons (Fsp3) is 0.571. The average molecular weight is 237 g/mol. The lowest BCUT2D eigenvalue weighted by Crippen LogP contribution is -2.38. The predicted molar refractivity (Wildman–Crippen MR) is 70.4 cm³/mol. The summed E-state index contributed by atoms with van der Waals surface area (Å²) in [5.41, 5.74) is 1.20. The maximum Gasteiger partial charge on any atom is 0.119 e. The Morgan fingerprint density at radius 1 is 1.35 bits per heavy atom. The zero-order valence-electron chi connectivity index (χ0n) is 10.9. The Labute approximate surface area is 104 Å². The fourth-order valence-electron chi connectivity index (χ4n) is 1.72. The van der Waals surface area contributed by atoms with E-state index >= 15 is 0 Å². The zero-order chi connectivity index (χ0) is 12.7. The van der Waals surface area contributed by atoms with E-state index in [0.29, 0.717) is 12.6 Å². The highest BCUT2D eigenvalue weighted by atomic mass is 16.5. The van der Waals surface area contributed by atoms with Crippen molar-refractivity contribution in [2.24, 2.45) is 0 Å². The van der Waals surface area contributed by atoms with Crippen molar-refractivity contribution in [1.29, 1.82) is 0 Å². The van der Waals surface area contributed by atoms with Crippen LogP contribution in [0.2, 0.25) is 0 Å². The third kappa shape index (κ3) is 5.71. The van der Waals surface area contributed by atoms with Crippen LogP contribution in [0.15, 0.2) is 24.3 Å². The summed E-state index contributed by atoms with van der Waals surface area (Å²) in [6.07, 6.45) is 0.808. The standard InChI is InChI=1S/C14H23NO2/c1-11(2)15-13(10-16)7-8-17-14-6-4-5-12(3)9-14/h4-6,9,11,13,15-16H,7-8,10H2,1-3H3. The topological polar surface area (TPSA) is 41.5 Å². The molecular formula is C14H23NO2. The summed E-state index contributed by atoms with van der Waals surface area (Å²) in [4.78, 5) is 0. The zero-order valence-corrected chi connectivity index (χ0v) is 10.9. The van der Waals surface area contributed by atoms with E-state index < -0.39 is 0 Å². The van der Waals surface area contributed by atoms with E-state index in [1.54, 1.807) is 0 Å². The minimum Gasteiger partial charge on any atom is -0.494 e. The van der Waals surface area contributed by atoms with Crippen LogP contribution >= 0.6 is 0 Å². The van der Waals surface area contributed by atoms with Crippen molar-refractivity contribution >= 4 is 0 Å². The molecule has 0 saturated carbocycles. The van der Waals surface area contributed by atoms with Crippen LogP contribution in [0.5, 0.6) is 5.75 Å². The first-order valence-corrected chi connectivity index (χ1v) is 6.18. The Morgan fingerprint density at radius 2 is 2.12 bits per heavy atom. The van der Waals surface area contributed by atoms with Gasteiger partial charge in [0.15, 0.2) is 0 Å². The van der Waals surface area contributed by atoms with Crippen LogP contribution in [0.25, 0.3) is 0 Å². The molecule has 0 aromatic heterocycles. The molecule has 0 bridgehead atoms. The highest BCUT2D eigenvalue weighted by Crippen LogP contribution is 2.12. The first-order chi connectivity index (χ1) is 8.11. The molecule has 2 N–H and O–H groups in total. The number of rotatable bonds is 7. The number of hydrogen-bond acceptors (Lipinski definition) is 3. The Kier molecular flexibility index (Phi) is 6.01. The molecule has 17 heavy (non-hydrogen) atoms. The molecule has 0 aliphatic rings. The van der Waals surface area contributed by atoms with E-state index in [2.05, 4.69) is 19.2 Å². The van der Waals surface area contributed by atoms with Gasteiger partial charge >= 0.3 is 0 Å². The van der Waals surface area contributed by atoms with Crippen molar-refractivity contribution in [3.8, 4) is 5.75 Å². The van der Waals surface area contributed by atoms with Crippen molar-refractivity contribution in [2.75, 3.05) is 13.2 Å². The summed E-state index contributed by atoms with van der Waals surface area (Å²) in [5.74, 6) is 0.895. The number of benzene rings is 1. The van der Waals surface area contributed by atoms with Crippen LogP contribution in [-0.2, 0) is 0 Å². The van der Waals surface area contributed by atoms with Crippen LogP contribution in [0.1, 0.15) is 25.8 Å². The molecule has 0 aliphatic carbocycles. The van der Waals surface area contributed by atoms with Gasteiger partial charge in [0, 0.05) is 12.1 Å². The largest absolute Gasteiger partial charge is 0.494 e. The summed E-state index contributed by atoms with van der Waals surface area (Å²) in [6, 6.07) is 8.50. The van der Waals surface area contributed by atoms with Crippen molar-refractivity contribution in [3.63, 3.8) is 0 Å². The molecule has 1 unspecified atom stereocenters. The number of aliphatic hydroxyl groups excluding tert-OH is 1. The van der Waals surface area contributed by atoms with Crippen molar-refractivity contribution in [3.05, 3.63) is 29.8 Å². The van der Waals surface area contributed by atoms with Gasteiger partial charge in [-0.15, -0.1) is 0 Å². The lowest BCUT2D eigenvalue weighted by molar-refractivity contribution is 0.202. The molecular weight excluding hydrogens is 214 g/mol. The first kappa shape index (κ1) is 14.0. The van der Waals surface area contributed by atoms with Crippen LogP contribution < -0.4 is 10.1 Å². The summed E-state index contributed by atoms with van der Waals surface area (Å²) < 4.78 is 5.65. The molecule has 0 spiro atoms. The van der Waals surface area contributed by atoms with E-state index in [9.17, 15) is 5.11 Å². The maximum absolute atomic E-state index is 9.20. The molecule has 0 heterocycles. The van der Waals surface area contributed by atoms with Gasteiger partial charge in [0.2, 0.25) is 0 Å². The van der Waals surface area contributed by atoms with Gasteiger partial charge in [0.05, 0.1) is 13.2 Å². The quantitative estimate of drug-likeness (QED) is 0.763. The molecule has 0 saturated heterocycles. The minimum atomic E-state index is 0.111. The fourth-order valence-corrected chi connectivity index (χ4v) is 1.72. The number of ether oxygens (including phenoxy) is 1. The van der Waals surface area contributed by atoms with Gasteiger partial charge in [-0.05, 0) is 31.0 Å². The summed E-state index contributed by atoms with van der Waals surface area (Å²) in [7, 11) is 0. The molecule has 3 heteroatoms. The summed E-state index contributed by atoms with van der Waals surface area (Å²) in [6.45, 7) is 6.96. The molecule has 1 rings (SSSR count).